The molecule has 1 aromatic carbocycles. The highest BCUT2D eigenvalue weighted by Crippen LogP contribution is 2.09. The molecular weight excluding hydrogens is 188 g/mol. The molecule has 0 amide bonds. The van der Waals surface area contributed by atoms with E-state index in [1.54, 1.807) is 13.3 Å². The van der Waals surface area contributed by atoms with Crippen molar-refractivity contribution in [3.63, 3.8) is 0 Å². The third-order valence-electron chi connectivity index (χ3n) is 2.06. The summed E-state index contributed by atoms with van der Waals surface area (Å²) in [5, 5.41) is 3.88. The van der Waals surface area contributed by atoms with Crippen LogP contribution in [0, 0.1) is 0 Å². The first-order valence-electron chi connectivity index (χ1n) is 4.80. The van der Waals surface area contributed by atoms with E-state index in [0.29, 0.717) is 0 Å². The predicted octanol–water partition coefficient (Wildman–Crippen LogP) is 2.31. The summed E-state index contributed by atoms with van der Waals surface area (Å²) in [7, 11) is 1.71. The van der Waals surface area contributed by atoms with Gasteiger partial charge in [0.1, 0.15) is 11.5 Å². The molecule has 3 nitrogen and oxygen atoms in total. The van der Waals surface area contributed by atoms with E-state index in [0.717, 1.165) is 17.9 Å². The number of aliphatic imine (C=N–C) groups is 1. The van der Waals surface area contributed by atoms with Crippen LogP contribution < -0.4 is 0 Å². The van der Waals surface area contributed by atoms with E-state index in [9.17, 15) is 0 Å². The van der Waals surface area contributed by atoms with Crippen molar-refractivity contribution < 1.29 is 4.52 Å². The van der Waals surface area contributed by atoms with Gasteiger partial charge in [0.25, 0.3) is 0 Å². The molecule has 0 fully saturated rings. The average Bonchev–Trinajstić information content (AvgIpc) is 2.68. The smallest absolute Gasteiger partial charge is 0.141 e. The summed E-state index contributed by atoms with van der Waals surface area (Å²) in [4.78, 5) is 3.88. The fourth-order valence-corrected chi connectivity index (χ4v) is 1.40. The van der Waals surface area contributed by atoms with Gasteiger partial charge in [0.15, 0.2) is 0 Å². The number of benzene rings is 1. The van der Waals surface area contributed by atoms with E-state index < -0.39 is 0 Å². The quantitative estimate of drug-likeness (QED) is 0.713. The lowest BCUT2D eigenvalue weighted by Crippen LogP contribution is -1.84. The molecule has 76 valence electrons. The van der Waals surface area contributed by atoms with Crippen LogP contribution in [-0.4, -0.2) is 18.4 Å². The second-order valence-electron chi connectivity index (χ2n) is 3.27. The second kappa shape index (κ2) is 4.55. The first-order valence-corrected chi connectivity index (χ1v) is 4.80. The van der Waals surface area contributed by atoms with Gasteiger partial charge in [0, 0.05) is 19.5 Å². The van der Waals surface area contributed by atoms with Crippen LogP contribution in [0.3, 0.4) is 0 Å². The van der Waals surface area contributed by atoms with Gasteiger partial charge in [0.05, 0.1) is 6.21 Å². The van der Waals surface area contributed by atoms with Crippen molar-refractivity contribution in [2.45, 2.75) is 6.42 Å². The third-order valence-corrected chi connectivity index (χ3v) is 2.06. The molecule has 15 heavy (non-hydrogen) atoms. The fraction of sp³-hybridized carbons (Fsp3) is 0.167. The Morgan fingerprint density at radius 2 is 2.13 bits per heavy atom. The highest BCUT2D eigenvalue weighted by atomic mass is 16.5. The molecule has 1 heterocycles. The van der Waals surface area contributed by atoms with E-state index in [2.05, 4.69) is 22.3 Å². The first kappa shape index (κ1) is 9.65. The summed E-state index contributed by atoms with van der Waals surface area (Å²) in [5.41, 5.74) is 1.98. The summed E-state index contributed by atoms with van der Waals surface area (Å²) in [5.74, 6) is 0.858. The van der Waals surface area contributed by atoms with Gasteiger partial charge in [-0.2, -0.15) is 0 Å². The summed E-state index contributed by atoms with van der Waals surface area (Å²) in [6.45, 7) is 0. The van der Waals surface area contributed by atoms with Gasteiger partial charge >= 0.3 is 0 Å². The number of rotatable bonds is 3. The van der Waals surface area contributed by atoms with Crippen molar-refractivity contribution in [2.24, 2.45) is 4.99 Å². The van der Waals surface area contributed by atoms with Crippen molar-refractivity contribution in [2.75, 3.05) is 7.05 Å². The highest BCUT2D eigenvalue weighted by molar-refractivity contribution is 5.76. The van der Waals surface area contributed by atoms with E-state index >= 15 is 0 Å². The van der Waals surface area contributed by atoms with Gasteiger partial charge in [-0.25, -0.2) is 0 Å². The zero-order valence-electron chi connectivity index (χ0n) is 8.55. The number of nitrogens with zero attached hydrogens (tertiary/aromatic N) is 2. The zero-order valence-corrected chi connectivity index (χ0v) is 8.55. The number of hydrogen-bond acceptors (Lipinski definition) is 3. The molecule has 3 heteroatoms. The molecule has 0 saturated heterocycles. The van der Waals surface area contributed by atoms with Crippen molar-refractivity contribution in [3.8, 4) is 0 Å². The predicted molar refractivity (Wildman–Crippen MR) is 59.3 cm³/mol. The Bertz CT molecular complexity index is 446. The van der Waals surface area contributed by atoms with Crippen LogP contribution in [0.25, 0.3) is 0 Å². The molecule has 2 aromatic rings. The lowest BCUT2D eigenvalue weighted by molar-refractivity contribution is 0.389. The molecule has 0 N–H and O–H groups in total. The van der Waals surface area contributed by atoms with Gasteiger partial charge in [-0.3, -0.25) is 4.99 Å². The van der Waals surface area contributed by atoms with E-state index in [1.165, 1.54) is 5.56 Å². The number of aromatic nitrogens is 1. The highest BCUT2D eigenvalue weighted by Gasteiger charge is 2.02. The molecule has 0 bridgehead atoms. The summed E-state index contributed by atoms with van der Waals surface area (Å²) in [6.07, 6.45) is 2.45. The van der Waals surface area contributed by atoms with Crippen LogP contribution in [-0.2, 0) is 6.42 Å². The average molecular weight is 200 g/mol. The monoisotopic (exact) mass is 200 g/mol. The fourth-order valence-electron chi connectivity index (χ4n) is 1.40. The molecule has 1 aromatic heterocycles. The van der Waals surface area contributed by atoms with E-state index in [4.69, 9.17) is 4.52 Å². The van der Waals surface area contributed by atoms with Gasteiger partial charge < -0.3 is 4.52 Å². The van der Waals surface area contributed by atoms with Crippen LogP contribution in [0.5, 0.6) is 0 Å². The Labute approximate surface area is 88.4 Å². The molecule has 0 atom stereocenters. The van der Waals surface area contributed by atoms with Crippen LogP contribution in [0.1, 0.15) is 17.0 Å². The van der Waals surface area contributed by atoms with Gasteiger partial charge in [-0.05, 0) is 5.56 Å². The van der Waals surface area contributed by atoms with Crippen LogP contribution in [0.15, 0.2) is 45.9 Å². The standard InChI is InChI=1S/C12H12N2O/c1-13-9-11-8-12(15-14-11)7-10-5-3-2-4-6-10/h2-6,8-9H,7H2,1H3. The minimum atomic E-state index is 0.767. The largest absolute Gasteiger partial charge is 0.360 e. The lowest BCUT2D eigenvalue weighted by Gasteiger charge is -1.94. The van der Waals surface area contributed by atoms with Crippen molar-refractivity contribution in [1.29, 1.82) is 0 Å². The Morgan fingerprint density at radius 1 is 1.33 bits per heavy atom. The maximum absolute atomic E-state index is 5.18. The van der Waals surface area contributed by atoms with Gasteiger partial charge in [-0.1, -0.05) is 35.5 Å². The minimum absolute atomic E-state index is 0.767. The summed E-state index contributed by atoms with van der Waals surface area (Å²) >= 11 is 0. The minimum Gasteiger partial charge on any atom is -0.360 e. The van der Waals surface area contributed by atoms with Crippen molar-refractivity contribution >= 4 is 6.21 Å². The maximum atomic E-state index is 5.18. The van der Waals surface area contributed by atoms with Crippen LogP contribution in [0.2, 0.25) is 0 Å². The van der Waals surface area contributed by atoms with Gasteiger partial charge in [-0.15, -0.1) is 0 Å². The molecule has 0 saturated carbocycles. The third kappa shape index (κ3) is 2.53. The maximum Gasteiger partial charge on any atom is 0.141 e. The van der Waals surface area contributed by atoms with Crippen molar-refractivity contribution in [1.82, 2.24) is 5.16 Å². The van der Waals surface area contributed by atoms with Crippen LogP contribution >= 0.6 is 0 Å². The SMILES string of the molecule is CN=Cc1cc(Cc2ccccc2)on1. The summed E-state index contributed by atoms with van der Waals surface area (Å²) < 4.78 is 5.18. The van der Waals surface area contributed by atoms with Crippen LogP contribution in [0.4, 0.5) is 0 Å². The number of hydrogen-bond donors (Lipinski definition) is 0. The molecule has 0 radical (unpaired) electrons. The van der Waals surface area contributed by atoms with E-state index in [-0.39, 0.29) is 0 Å². The Morgan fingerprint density at radius 3 is 2.87 bits per heavy atom. The normalized spacial score (nSPS) is 11.0. The lowest BCUT2D eigenvalue weighted by atomic mass is 10.1. The molecule has 2 rings (SSSR count). The van der Waals surface area contributed by atoms with Crippen molar-refractivity contribution in [3.05, 3.63) is 53.4 Å². The zero-order chi connectivity index (χ0) is 10.5. The molecule has 0 aliphatic rings. The van der Waals surface area contributed by atoms with Gasteiger partial charge in [0.2, 0.25) is 0 Å². The Kier molecular flexibility index (Phi) is 2.93. The first-order chi connectivity index (χ1) is 7.38. The Hall–Kier alpha value is -1.90. The molecule has 0 aliphatic heterocycles. The van der Waals surface area contributed by atoms with E-state index in [1.807, 2.05) is 24.3 Å². The Balaban J connectivity index is 2.11. The second-order valence-corrected chi connectivity index (χ2v) is 3.27. The summed E-state index contributed by atoms with van der Waals surface area (Å²) in [6, 6.07) is 12.1. The topological polar surface area (TPSA) is 38.4 Å². The molecular formula is C12H12N2O. The molecule has 0 spiro atoms. The molecule has 0 unspecified atom stereocenters. The molecule has 0 aliphatic carbocycles.